The second-order valence-corrected chi connectivity index (χ2v) is 5.71. The van der Waals surface area contributed by atoms with Gasteiger partial charge in [-0.1, -0.05) is 63.5 Å². The van der Waals surface area contributed by atoms with Gasteiger partial charge in [0.25, 0.3) is 0 Å². The van der Waals surface area contributed by atoms with E-state index in [1.54, 1.807) is 0 Å². The summed E-state index contributed by atoms with van der Waals surface area (Å²) in [6.07, 6.45) is 8.94. The van der Waals surface area contributed by atoms with Crippen molar-refractivity contribution >= 4 is 11.6 Å². The molecule has 2 N–H and O–H groups in total. The standard InChI is InChI=1S/C16H24ClF2N/c1-2-3-4-5-6-7-8-9-16(20)12-10-15(19)13(17)11-14(12)18/h10-11,16H,2-9,20H2,1H3. The van der Waals surface area contributed by atoms with Crippen molar-refractivity contribution in [3.05, 3.63) is 34.4 Å². The molecule has 0 amide bonds. The van der Waals surface area contributed by atoms with Crippen LogP contribution in [0.2, 0.25) is 5.02 Å². The highest BCUT2D eigenvalue weighted by Crippen LogP contribution is 2.25. The highest BCUT2D eigenvalue weighted by molar-refractivity contribution is 6.30. The lowest BCUT2D eigenvalue weighted by Gasteiger charge is -2.13. The summed E-state index contributed by atoms with van der Waals surface area (Å²) in [6, 6.07) is 1.65. The van der Waals surface area contributed by atoms with Gasteiger partial charge in [-0.25, -0.2) is 8.78 Å². The Hall–Kier alpha value is -0.670. The molecule has 0 aliphatic carbocycles. The number of benzene rings is 1. The molecule has 0 bridgehead atoms. The van der Waals surface area contributed by atoms with Crippen molar-refractivity contribution in [1.82, 2.24) is 0 Å². The predicted octanol–water partition coefficient (Wildman–Crippen LogP) is 5.76. The summed E-state index contributed by atoms with van der Waals surface area (Å²) in [5.41, 5.74) is 6.15. The number of nitrogens with two attached hydrogens (primary N) is 1. The molecule has 0 aromatic heterocycles. The first-order chi connectivity index (χ1) is 9.56. The maximum atomic E-state index is 13.7. The van der Waals surface area contributed by atoms with Crippen molar-refractivity contribution < 1.29 is 8.78 Å². The van der Waals surface area contributed by atoms with E-state index in [1.165, 1.54) is 32.1 Å². The monoisotopic (exact) mass is 303 g/mol. The van der Waals surface area contributed by atoms with E-state index in [1.807, 2.05) is 0 Å². The Morgan fingerprint density at radius 3 is 2.25 bits per heavy atom. The Bertz CT molecular complexity index is 410. The summed E-state index contributed by atoms with van der Waals surface area (Å²) in [6.45, 7) is 2.19. The van der Waals surface area contributed by atoms with Crippen molar-refractivity contribution in [3.63, 3.8) is 0 Å². The summed E-state index contributed by atoms with van der Waals surface area (Å²) >= 11 is 5.52. The van der Waals surface area contributed by atoms with Crippen molar-refractivity contribution in [2.24, 2.45) is 5.73 Å². The summed E-state index contributed by atoms with van der Waals surface area (Å²) in [7, 11) is 0. The quantitative estimate of drug-likeness (QED) is 0.455. The number of halogens is 3. The maximum absolute atomic E-state index is 13.7. The van der Waals surface area contributed by atoms with Crippen LogP contribution in [0.5, 0.6) is 0 Å². The minimum absolute atomic E-state index is 0.200. The van der Waals surface area contributed by atoms with Crippen molar-refractivity contribution in [1.29, 1.82) is 0 Å². The molecule has 114 valence electrons. The highest BCUT2D eigenvalue weighted by atomic mass is 35.5. The topological polar surface area (TPSA) is 26.0 Å². The fourth-order valence-corrected chi connectivity index (χ4v) is 2.45. The van der Waals surface area contributed by atoms with Crippen molar-refractivity contribution in [3.8, 4) is 0 Å². The molecule has 0 heterocycles. The van der Waals surface area contributed by atoms with E-state index in [9.17, 15) is 8.78 Å². The van der Waals surface area contributed by atoms with Gasteiger partial charge in [0.15, 0.2) is 0 Å². The van der Waals surface area contributed by atoms with E-state index < -0.39 is 17.7 Å². The van der Waals surface area contributed by atoms with E-state index in [0.29, 0.717) is 6.42 Å². The third kappa shape index (κ3) is 5.76. The summed E-state index contributed by atoms with van der Waals surface area (Å²) < 4.78 is 27.0. The van der Waals surface area contributed by atoms with Crippen LogP contribution in [0, 0.1) is 11.6 Å². The predicted molar refractivity (Wildman–Crippen MR) is 80.9 cm³/mol. The SMILES string of the molecule is CCCCCCCCCC(N)c1cc(F)c(Cl)cc1F. The zero-order chi connectivity index (χ0) is 15.0. The zero-order valence-corrected chi connectivity index (χ0v) is 12.9. The van der Waals surface area contributed by atoms with Crippen LogP contribution in [-0.4, -0.2) is 0 Å². The molecule has 0 saturated heterocycles. The van der Waals surface area contributed by atoms with Crippen LogP contribution in [0.15, 0.2) is 12.1 Å². The Balaban J connectivity index is 2.32. The Morgan fingerprint density at radius 1 is 1.00 bits per heavy atom. The molecule has 0 saturated carbocycles. The van der Waals surface area contributed by atoms with Gasteiger partial charge in [-0.3, -0.25) is 0 Å². The van der Waals surface area contributed by atoms with Crippen molar-refractivity contribution in [2.45, 2.75) is 64.3 Å². The molecule has 1 atom stereocenters. The molecular formula is C16H24ClF2N. The Labute approximate surface area is 125 Å². The fraction of sp³-hybridized carbons (Fsp3) is 0.625. The second-order valence-electron chi connectivity index (χ2n) is 5.30. The fourth-order valence-electron chi connectivity index (χ4n) is 2.30. The average molecular weight is 304 g/mol. The third-order valence-electron chi connectivity index (χ3n) is 3.56. The van der Waals surface area contributed by atoms with Gasteiger partial charge in [-0.05, 0) is 18.6 Å². The zero-order valence-electron chi connectivity index (χ0n) is 12.1. The highest BCUT2D eigenvalue weighted by Gasteiger charge is 2.14. The average Bonchev–Trinajstić information content (AvgIpc) is 2.41. The molecule has 0 spiro atoms. The molecule has 0 fully saturated rings. The molecular weight excluding hydrogens is 280 g/mol. The molecule has 1 rings (SSSR count). The molecule has 20 heavy (non-hydrogen) atoms. The van der Waals surface area contributed by atoms with E-state index in [4.69, 9.17) is 17.3 Å². The molecule has 4 heteroatoms. The van der Waals surface area contributed by atoms with Gasteiger partial charge in [-0.2, -0.15) is 0 Å². The summed E-state index contributed by atoms with van der Waals surface area (Å²) in [5, 5.41) is -0.200. The smallest absolute Gasteiger partial charge is 0.142 e. The van der Waals surface area contributed by atoms with Crippen LogP contribution in [0.4, 0.5) is 8.78 Å². The molecule has 1 unspecified atom stereocenters. The number of unbranched alkanes of at least 4 members (excludes halogenated alkanes) is 6. The first-order valence-electron chi connectivity index (χ1n) is 7.46. The van der Waals surface area contributed by atoms with E-state index in [-0.39, 0.29) is 10.6 Å². The Morgan fingerprint density at radius 2 is 1.60 bits per heavy atom. The van der Waals surface area contributed by atoms with Crippen LogP contribution >= 0.6 is 11.6 Å². The first-order valence-corrected chi connectivity index (χ1v) is 7.84. The molecule has 0 aliphatic rings. The maximum Gasteiger partial charge on any atom is 0.142 e. The van der Waals surface area contributed by atoms with Gasteiger partial charge in [0.2, 0.25) is 0 Å². The molecule has 1 nitrogen and oxygen atoms in total. The third-order valence-corrected chi connectivity index (χ3v) is 3.85. The summed E-state index contributed by atoms with van der Waals surface area (Å²) in [4.78, 5) is 0. The largest absolute Gasteiger partial charge is 0.324 e. The Kier molecular flexibility index (Phi) is 8.08. The van der Waals surface area contributed by atoms with Gasteiger partial charge in [-0.15, -0.1) is 0 Å². The minimum Gasteiger partial charge on any atom is -0.324 e. The van der Waals surface area contributed by atoms with E-state index in [0.717, 1.165) is 25.0 Å². The molecule has 0 radical (unpaired) electrons. The number of hydrogen-bond donors (Lipinski definition) is 1. The van der Waals surface area contributed by atoms with Crippen LogP contribution in [-0.2, 0) is 0 Å². The van der Waals surface area contributed by atoms with Crippen LogP contribution in [0.1, 0.15) is 69.9 Å². The van der Waals surface area contributed by atoms with Gasteiger partial charge in [0.05, 0.1) is 5.02 Å². The lowest BCUT2D eigenvalue weighted by Crippen LogP contribution is -2.12. The minimum atomic E-state index is -0.613. The lowest BCUT2D eigenvalue weighted by atomic mass is 9.99. The lowest BCUT2D eigenvalue weighted by molar-refractivity contribution is 0.514. The number of hydrogen-bond acceptors (Lipinski definition) is 1. The molecule has 1 aromatic carbocycles. The molecule has 0 aliphatic heterocycles. The first kappa shape index (κ1) is 17.4. The summed E-state index contributed by atoms with van der Waals surface area (Å²) in [5.74, 6) is -1.13. The van der Waals surface area contributed by atoms with Gasteiger partial charge < -0.3 is 5.73 Å². The number of rotatable bonds is 9. The van der Waals surface area contributed by atoms with Crippen molar-refractivity contribution in [2.75, 3.05) is 0 Å². The van der Waals surface area contributed by atoms with E-state index >= 15 is 0 Å². The van der Waals surface area contributed by atoms with Gasteiger partial charge >= 0.3 is 0 Å². The van der Waals surface area contributed by atoms with Gasteiger partial charge in [0.1, 0.15) is 11.6 Å². The van der Waals surface area contributed by atoms with E-state index in [2.05, 4.69) is 6.92 Å². The van der Waals surface area contributed by atoms with Crippen LogP contribution < -0.4 is 5.73 Å². The normalized spacial score (nSPS) is 12.7. The molecule has 1 aromatic rings. The van der Waals surface area contributed by atoms with Crippen LogP contribution in [0.25, 0.3) is 0 Å². The van der Waals surface area contributed by atoms with Crippen LogP contribution in [0.3, 0.4) is 0 Å². The second kappa shape index (κ2) is 9.30. The van der Waals surface area contributed by atoms with Gasteiger partial charge in [0, 0.05) is 11.6 Å².